The van der Waals surface area contributed by atoms with E-state index in [9.17, 15) is 0 Å². The normalized spacial score (nSPS) is 10.4. The molecule has 19 heavy (non-hydrogen) atoms. The first-order valence-electron chi connectivity index (χ1n) is 5.57. The molecule has 0 spiro atoms. The number of nitrogen functional groups attached to an aromatic ring is 1. The second-order valence-electron chi connectivity index (χ2n) is 3.66. The monoisotopic (exact) mass is 314 g/mol. The highest BCUT2D eigenvalue weighted by molar-refractivity contribution is 7.99. The van der Waals surface area contributed by atoms with Gasteiger partial charge in [-0.25, -0.2) is 0 Å². The smallest absolute Gasteiger partial charge is 0.156 e. The molecule has 0 aliphatic carbocycles. The molecule has 0 atom stereocenters. The Hall–Kier alpha value is -1.10. The third kappa shape index (κ3) is 3.93. The average Bonchev–Trinajstić information content (AvgIpc) is 2.39. The third-order valence-corrected chi connectivity index (χ3v) is 3.97. The predicted molar refractivity (Wildman–Crippen MR) is 81.3 cm³/mol. The zero-order valence-electron chi connectivity index (χ0n) is 9.98. The molecule has 2 N–H and O–H groups in total. The highest BCUT2D eigenvalue weighted by Crippen LogP contribution is 2.32. The zero-order chi connectivity index (χ0) is 13.7. The van der Waals surface area contributed by atoms with E-state index in [-0.39, 0.29) is 0 Å². The molecule has 0 fully saturated rings. The van der Waals surface area contributed by atoms with Crippen LogP contribution in [-0.4, -0.2) is 17.3 Å². The maximum Gasteiger partial charge on any atom is 0.156 e. The fourth-order valence-corrected chi connectivity index (χ4v) is 2.71. The van der Waals surface area contributed by atoms with Gasteiger partial charge in [0.15, 0.2) is 5.75 Å². The van der Waals surface area contributed by atoms with Crippen LogP contribution >= 0.6 is 35.0 Å². The first-order valence-corrected chi connectivity index (χ1v) is 7.31. The van der Waals surface area contributed by atoms with E-state index in [0.717, 1.165) is 10.6 Å². The summed E-state index contributed by atoms with van der Waals surface area (Å²) in [6, 6.07) is 7.15. The Morgan fingerprint density at radius 2 is 1.95 bits per heavy atom. The van der Waals surface area contributed by atoms with Gasteiger partial charge in [-0.15, -0.1) is 11.8 Å². The minimum atomic E-state index is 0.496. The minimum Gasteiger partial charge on any atom is -0.490 e. The van der Waals surface area contributed by atoms with Crippen LogP contribution in [0.3, 0.4) is 0 Å². The first-order chi connectivity index (χ1) is 9.18. The summed E-state index contributed by atoms with van der Waals surface area (Å²) in [5.41, 5.74) is 6.47. The van der Waals surface area contributed by atoms with Crippen molar-refractivity contribution >= 4 is 40.7 Å². The van der Waals surface area contributed by atoms with E-state index in [2.05, 4.69) is 4.98 Å². The number of ether oxygens (including phenoxy) is 1. The third-order valence-electron chi connectivity index (χ3n) is 2.32. The summed E-state index contributed by atoms with van der Waals surface area (Å²) < 4.78 is 5.59. The lowest BCUT2D eigenvalue weighted by Crippen LogP contribution is -2.01. The Morgan fingerprint density at radius 1 is 1.21 bits per heavy atom. The Morgan fingerprint density at radius 3 is 2.63 bits per heavy atom. The summed E-state index contributed by atoms with van der Waals surface area (Å²) in [7, 11) is 0. The van der Waals surface area contributed by atoms with Gasteiger partial charge < -0.3 is 10.5 Å². The molecule has 6 heteroatoms. The van der Waals surface area contributed by atoms with Crippen LogP contribution in [0.1, 0.15) is 0 Å². The molecule has 0 aliphatic rings. The van der Waals surface area contributed by atoms with Crippen molar-refractivity contribution in [2.45, 2.75) is 4.90 Å². The predicted octanol–water partition coefficient (Wildman–Crippen LogP) is 4.14. The maximum atomic E-state index is 6.01. The van der Waals surface area contributed by atoms with Crippen LogP contribution in [-0.2, 0) is 0 Å². The molecule has 2 aromatic rings. The average molecular weight is 315 g/mol. The molecule has 0 bridgehead atoms. The van der Waals surface area contributed by atoms with Gasteiger partial charge in [-0.3, -0.25) is 4.98 Å². The fourth-order valence-electron chi connectivity index (χ4n) is 1.44. The number of benzene rings is 1. The van der Waals surface area contributed by atoms with Gasteiger partial charge in [-0.2, -0.15) is 0 Å². The van der Waals surface area contributed by atoms with E-state index >= 15 is 0 Å². The number of para-hydroxylation sites is 1. The summed E-state index contributed by atoms with van der Waals surface area (Å²) in [5.74, 6) is 1.27. The summed E-state index contributed by atoms with van der Waals surface area (Å²) in [6.45, 7) is 0.496. The van der Waals surface area contributed by atoms with Crippen LogP contribution in [0.15, 0.2) is 41.6 Å². The molecule has 0 aliphatic heterocycles. The van der Waals surface area contributed by atoms with Crippen molar-refractivity contribution in [1.29, 1.82) is 0 Å². The van der Waals surface area contributed by atoms with Crippen LogP contribution in [0, 0.1) is 0 Å². The lowest BCUT2D eigenvalue weighted by molar-refractivity contribution is 0.344. The number of pyridine rings is 1. The van der Waals surface area contributed by atoms with Crippen LogP contribution in [0.5, 0.6) is 5.75 Å². The van der Waals surface area contributed by atoms with Crippen molar-refractivity contribution < 1.29 is 4.74 Å². The van der Waals surface area contributed by atoms with Gasteiger partial charge in [0.2, 0.25) is 0 Å². The van der Waals surface area contributed by atoms with Crippen molar-refractivity contribution in [3.8, 4) is 5.75 Å². The van der Waals surface area contributed by atoms with Crippen molar-refractivity contribution in [1.82, 2.24) is 4.98 Å². The van der Waals surface area contributed by atoms with E-state index < -0.39 is 0 Å². The summed E-state index contributed by atoms with van der Waals surface area (Å²) in [6.07, 6.45) is 3.35. The summed E-state index contributed by atoms with van der Waals surface area (Å²) >= 11 is 13.6. The standard InChI is InChI=1S/C13H12Cl2N2OS/c14-9-2-1-3-10(15)13(9)18-6-7-19-12-4-5-17-8-11(12)16/h1-5,8H,6-7,16H2. The number of halogens is 2. The van der Waals surface area contributed by atoms with Gasteiger partial charge in [-0.1, -0.05) is 29.3 Å². The SMILES string of the molecule is Nc1cnccc1SCCOc1c(Cl)cccc1Cl. The number of hydrogen-bond acceptors (Lipinski definition) is 4. The molecule has 2 rings (SSSR count). The second-order valence-corrected chi connectivity index (χ2v) is 5.61. The lowest BCUT2D eigenvalue weighted by Gasteiger charge is -2.09. The molecule has 0 saturated heterocycles. The number of aromatic nitrogens is 1. The summed E-state index contributed by atoms with van der Waals surface area (Å²) in [4.78, 5) is 4.93. The molecular weight excluding hydrogens is 303 g/mol. The Bertz CT molecular complexity index is 546. The molecule has 0 amide bonds. The Balaban J connectivity index is 1.86. The molecule has 1 aromatic carbocycles. The molecule has 0 saturated carbocycles. The quantitative estimate of drug-likeness (QED) is 0.665. The van der Waals surface area contributed by atoms with Gasteiger partial charge in [0.05, 0.1) is 28.5 Å². The Kier molecular flexibility index (Phi) is 5.19. The second kappa shape index (κ2) is 6.89. The largest absolute Gasteiger partial charge is 0.490 e. The van der Waals surface area contributed by atoms with Gasteiger partial charge in [0.1, 0.15) is 0 Å². The van der Waals surface area contributed by atoms with E-state index in [1.165, 1.54) is 0 Å². The molecule has 0 unspecified atom stereocenters. The topological polar surface area (TPSA) is 48.1 Å². The van der Waals surface area contributed by atoms with E-state index in [1.54, 1.807) is 42.4 Å². The van der Waals surface area contributed by atoms with Crippen molar-refractivity contribution in [2.24, 2.45) is 0 Å². The van der Waals surface area contributed by atoms with Gasteiger partial charge in [-0.05, 0) is 18.2 Å². The fraction of sp³-hybridized carbons (Fsp3) is 0.154. The number of nitrogens with zero attached hydrogens (tertiary/aromatic N) is 1. The first kappa shape index (κ1) is 14.3. The number of nitrogens with two attached hydrogens (primary N) is 1. The van der Waals surface area contributed by atoms with Crippen LogP contribution < -0.4 is 10.5 Å². The Labute approximate surface area is 126 Å². The molecule has 3 nitrogen and oxygen atoms in total. The molecule has 1 heterocycles. The molecule has 100 valence electrons. The van der Waals surface area contributed by atoms with Crippen LogP contribution in [0.4, 0.5) is 5.69 Å². The zero-order valence-corrected chi connectivity index (χ0v) is 12.3. The van der Waals surface area contributed by atoms with E-state index in [0.29, 0.717) is 28.1 Å². The number of hydrogen-bond donors (Lipinski definition) is 1. The van der Waals surface area contributed by atoms with Crippen molar-refractivity contribution in [3.63, 3.8) is 0 Å². The minimum absolute atomic E-state index is 0.496. The van der Waals surface area contributed by atoms with E-state index in [4.69, 9.17) is 33.7 Å². The molecule has 0 radical (unpaired) electrons. The van der Waals surface area contributed by atoms with Gasteiger partial charge >= 0.3 is 0 Å². The van der Waals surface area contributed by atoms with Crippen LogP contribution in [0.2, 0.25) is 10.0 Å². The van der Waals surface area contributed by atoms with Gasteiger partial charge in [0.25, 0.3) is 0 Å². The highest BCUT2D eigenvalue weighted by atomic mass is 35.5. The van der Waals surface area contributed by atoms with Crippen LogP contribution in [0.25, 0.3) is 0 Å². The maximum absolute atomic E-state index is 6.01. The van der Waals surface area contributed by atoms with Gasteiger partial charge in [0, 0.05) is 16.8 Å². The molecular formula is C13H12Cl2N2OS. The number of thioether (sulfide) groups is 1. The molecule has 1 aromatic heterocycles. The van der Waals surface area contributed by atoms with Crippen molar-refractivity contribution in [2.75, 3.05) is 18.1 Å². The summed E-state index contributed by atoms with van der Waals surface area (Å²) in [5, 5.41) is 1.03. The number of rotatable bonds is 5. The number of anilines is 1. The van der Waals surface area contributed by atoms with Crippen molar-refractivity contribution in [3.05, 3.63) is 46.7 Å². The lowest BCUT2D eigenvalue weighted by atomic mass is 10.3. The van der Waals surface area contributed by atoms with E-state index in [1.807, 2.05) is 6.07 Å². The highest BCUT2D eigenvalue weighted by Gasteiger charge is 2.06.